The van der Waals surface area contributed by atoms with Gasteiger partial charge in [0.05, 0.1) is 12.6 Å². The van der Waals surface area contributed by atoms with E-state index in [1.54, 1.807) is 0 Å². The highest BCUT2D eigenvalue weighted by atomic mass is 16.5. The van der Waals surface area contributed by atoms with Crippen molar-refractivity contribution in [2.75, 3.05) is 13.2 Å². The second kappa shape index (κ2) is 10.3. The van der Waals surface area contributed by atoms with Gasteiger partial charge in [0, 0.05) is 17.7 Å². The minimum absolute atomic E-state index is 0.0506. The van der Waals surface area contributed by atoms with Crippen molar-refractivity contribution in [2.24, 2.45) is 0 Å². The van der Waals surface area contributed by atoms with E-state index in [2.05, 4.69) is 24.0 Å². The molecule has 1 aromatic heterocycles. The number of aromatic amines is 1. The number of rotatable bonds is 10. The molecule has 1 aliphatic rings. The van der Waals surface area contributed by atoms with E-state index in [4.69, 9.17) is 4.74 Å². The fourth-order valence-electron chi connectivity index (χ4n) is 4.76. The Bertz CT molecular complexity index is 1170. The maximum atomic E-state index is 13.4. The summed E-state index contributed by atoms with van der Waals surface area (Å²) >= 11 is 0. The summed E-state index contributed by atoms with van der Waals surface area (Å²) in [6.07, 6.45) is 5.22. The molecule has 0 radical (unpaired) electrons. The number of aromatic nitrogens is 2. The van der Waals surface area contributed by atoms with Crippen LogP contribution in [-0.2, 0) is 0 Å². The lowest BCUT2D eigenvalue weighted by Crippen LogP contribution is -2.30. The Balaban J connectivity index is 1.78. The zero-order valence-corrected chi connectivity index (χ0v) is 20.6. The van der Waals surface area contributed by atoms with Gasteiger partial charge < -0.3 is 14.7 Å². The Kier molecular flexibility index (Phi) is 7.25. The predicted molar refractivity (Wildman–Crippen MR) is 134 cm³/mol. The summed E-state index contributed by atoms with van der Waals surface area (Å²) in [5, 5.41) is 18.4. The first-order valence-electron chi connectivity index (χ1n) is 12.4. The molecule has 4 rings (SSSR count). The van der Waals surface area contributed by atoms with Crippen LogP contribution in [0.4, 0.5) is 0 Å². The van der Waals surface area contributed by atoms with Crippen LogP contribution < -0.4 is 4.74 Å². The van der Waals surface area contributed by atoms with Crippen molar-refractivity contribution in [2.45, 2.75) is 65.8 Å². The number of benzene rings is 2. The van der Waals surface area contributed by atoms with Crippen LogP contribution >= 0.6 is 0 Å². The lowest BCUT2D eigenvalue weighted by atomic mass is 9.94. The molecular formula is C28H35N3O3. The van der Waals surface area contributed by atoms with Gasteiger partial charge in [-0.2, -0.15) is 5.10 Å². The summed E-state index contributed by atoms with van der Waals surface area (Å²) in [7, 11) is 0. The van der Waals surface area contributed by atoms with Gasteiger partial charge in [0.25, 0.3) is 5.91 Å². The van der Waals surface area contributed by atoms with Crippen LogP contribution in [0.5, 0.6) is 11.5 Å². The lowest BCUT2D eigenvalue weighted by molar-refractivity contribution is 0.0741. The summed E-state index contributed by atoms with van der Waals surface area (Å²) in [5.41, 5.74) is 5.42. The highest BCUT2D eigenvalue weighted by molar-refractivity contribution is 6.00. The molecule has 2 N–H and O–H groups in total. The van der Waals surface area contributed by atoms with Crippen LogP contribution in [0.15, 0.2) is 36.4 Å². The van der Waals surface area contributed by atoms with Gasteiger partial charge in [-0.05, 0) is 61.6 Å². The number of aryl methyl sites for hydroxylation is 2. The van der Waals surface area contributed by atoms with E-state index in [9.17, 15) is 9.90 Å². The molecular weight excluding hydrogens is 426 g/mol. The molecule has 3 aromatic rings. The Morgan fingerprint density at radius 2 is 1.88 bits per heavy atom. The highest BCUT2D eigenvalue weighted by Crippen LogP contribution is 2.45. The topological polar surface area (TPSA) is 78.5 Å². The second-order valence-corrected chi connectivity index (χ2v) is 9.22. The van der Waals surface area contributed by atoms with E-state index < -0.39 is 0 Å². The molecule has 1 amide bonds. The van der Waals surface area contributed by atoms with Gasteiger partial charge in [-0.25, -0.2) is 0 Å². The number of phenolic OH excluding ortho intramolecular Hbond substituents is 1. The van der Waals surface area contributed by atoms with Crippen LogP contribution in [0.25, 0.3) is 11.3 Å². The van der Waals surface area contributed by atoms with Gasteiger partial charge >= 0.3 is 0 Å². The van der Waals surface area contributed by atoms with Crippen molar-refractivity contribution in [1.82, 2.24) is 15.1 Å². The van der Waals surface area contributed by atoms with Crippen molar-refractivity contribution >= 4 is 5.91 Å². The molecule has 1 aliphatic heterocycles. The molecule has 0 aliphatic carbocycles. The van der Waals surface area contributed by atoms with E-state index in [-0.39, 0.29) is 17.7 Å². The number of fused-ring (bicyclic) bond motifs is 1. The number of nitrogens with one attached hydrogen (secondary N) is 1. The number of nitrogens with zero attached hydrogens (tertiary/aromatic N) is 2. The molecule has 6 nitrogen and oxygen atoms in total. The average molecular weight is 462 g/mol. The summed E-state index contributed by atoms with van der Waals surface area (Å²) in [6.45, 7) is 9.52. The molecule has 0 saturated heterocycles. The summed E-state index contributed by atoms with van der Waals surface area (Å²) in [4.78, 5) is 15.4. The maximum Gasteiger partial charge on any atom is 0.273 e. The van der Waals surface area contributed by atoms with Crippen molar-refractivity contribution in [3.63, 3.8) is 0 Å². The first-order chi connectivity index (χ1) is 16.5. The van der Waals surface area contributed by atoms with Crippen LogP contribution in [0.1, 0.15) is 84.7 Å². The van der Waals surface area contributed by atoms with Crippen molar-refractivity contribution in [3.05, 3.63) is 64.3 Å². The van der Waals surface area contributed by atoms with Gasteiger partial charge in [-0.1, -0.05) is 51.3 Å². The molecule has 1 atom stereocenters. The monoisotopic (exact) mass is 461 g/mol. The number of amides is 1. The number of carbonyl (C=O) groups is 1. The largest absolute Gasteiger partial charge is 0.507 e. The van der Waals surface area contributed by atoms with Gasteiger partial charge in [-0.15, -0.1) is 0 Å². The van der Waals surface area contributed by atoms with Crippen LogP contribution in [0, 0.1) is 13.8 Å². The molecule has 0 fully saturated rings. The Morgan fingerprint density at radius 3 is 2.65 bits per heavy atom. The molecule has 0 spiro atoms. The standard InChI is InChI=1S/C28H35N3O3/c1-5-7-9-14-34-21-12-10-11-20(17-21)26-23-24(22-16-18(3)15-19(4)27(22)32)29-30-25(23)28(33)31(26)13-8-6-2/h10-12,15-17,26,32H,5-9,13-14H2,1-4H3,(H,29,30). The van der Waals surface area contributed by atoms with Gasteiger partial charge in [0.2, 0.25) is 0 Å². The zero-order chi connectivity index (χ0) is 24.2. The van der Waals surface area contributed by atoms with E-state index in [1.165, 1.54) is 0 Å². The van der Waals surface area contributed by atoms with Crippen molar-refractivity contribution in [1.29, 1.82) is 0 Å². The highest BCUT2D eigenvalue weighted by Gasteiger charge is 2.42. The molecule has 1 unspecified atom stereocenters. The number of hydrogen-bond donors (Lipinski definition) is 2. The Hall–Kier alpha value is -3.28. The number of phenols is 1. The van der Waals surface area contributed by atoms with Gasteiger partial charge in [-0.3, -0.25) is 9.89 Å². The normalized spacial score (nSPS) is 15.1. The number of unbranched alkanes of at least 4 members (excludes halogenated alkanes) is 3. The quantitative estimate of drug-likeness (QED) is 0.347. The molecule has 2 heterocycles. The minimum atomic E-state index is -0.290. The van der Waals surface area contributed by atoms with Crippen molar-refractivity contribution < 1.29 is 14.6 Å². The molecule has 0 bridgehead atoms. The van der Waals surface area contributed by atoms with E-state index in [0.717, 1.165) is 60.1 Å². The smallest absolute Gasteiger partial charge is 0.273 e. The number of hydrogen-bond acceptors (Lipinski definition) is 4. The Morgan fingerprint density at radius 1 is 1.09 bits per heavy atom. The van der Waals surface area contributed by atoms with Crippen molar-refractivity contribution in [3.8, 4) is 22.8 Å². The average Bonchev–Trinajstić information content (AvgIpc) is 3.36. The van der Waals surface area contributed by atoms with Crippen LogP contribution in [-0.4, -0.2) is 39.3 Å². The predicted octanol–water partition coefficient (Wildman–Crippen LogP) is 6.31. The summed E-state index contributed by atoms with van der Waals surface area (Å²) in [5.74, 6) is 0.959. The summed E-state index contributed by atoms with van der Waals surface area (Å²) in [6, 6.07) is 11.6. The van der Waals surface area contributed by atoms with E-state index in [0.29, 0.717) is 30.1 Å². The Labute approximate surface area is 202 Å². The zero-order valence-electron chi connectivity index (χ0n) is 20.6. The molecule has 2 aromatic carbocycles. The summed E-state index contributed by atoms with van der Waals surface area (Å²) < 4.78 is 6.02. The van der Waals surface area contributed by atoms with Crippen LogP contribution in [0.3, 0.4) is 0 Å². The SMILES string of the molecule is CCCCCOc1cccc(C2c3c(-c4cc(C)cc(C)c4O)n[nH]c3C(=O)N2CCCC)c1. The van der Waals surface area contributed by atoms with E-state index >= 15 is 0 Å². The molecule has 0 saturated carbocycles. The van der Waals surface area contributed by atoms with Gasteiger partial charge in [0.15, 0.2) is 0 Å². The first kappa shape index (κ1) is 23.9. The fourth-order valence-corrected chi connectivity index (χ4v) is 4.76. The lowest BCUT2D eigenvalue weighted by Gasteiger charge is -2.26. The number of aromatic hydroxyl groups is 1. The molecule has 34 heavy (non-hydrogen) atoms. The van der Waals surface area contributed by atoms with E-state index in [1.807, 2.05) is 55.1 Å². The van der Waals surface area contributed by atoms with Gasteiger partial charge in [0.1, 0.15) is 22.9 Å². The molecule has 6 heteroatoms. The maximum absolute atomic E-state index is 13.4. The van der Waals surface area contributed by atoms with Crippen LogP contribution in [0.2, 0.25) is 0 Å². The third kappa shape index (κ3) is 4.54. The molecule has 180 valence electrons. The number of carbonyl (C=O) groups excluding carboxylic acids is 1. The third-order valence-corrected chi connectivity index (χ3v) is 6.51. The first-order valence-corrected chi connectivity index (χ1v) is 12.4. The third-order valence-electron chi connectivity index (χ3n) is 6.51. The second-order valence-electron chi connectivity index (χ2n) is 9.22. The fraction of sp³-hybridized carbons (Fsp3) is 0.429. The number of H-pyrrole nitrogens is 1. The minimum Gasteiger partial charge on any atom is -0.507 e. The number of ether oxygens (including phenoxy) is 1.